The summed E-state index contributed by atoms with van der Waals surface area (Å²) in [4.78, 5) is 11.1. The van der Waals surface area contributed by atoms with Gasteiger partial charge in [-0.25, -0.2) is 0 Å². The van der Waals surface area contributed by atoms with Gasteiger partial charge in [-0.05, 0) is 17.7 Å². The number of carbonyl (C=O) groups excluding carboxylic acids is 1. The molecule has 0 fully saturated rings. The van der Waals surface area contributed by atoms with Gasteiger partial charge in [0.05, 0.1) is 10.6 Å². The second-order valence-electron chi connectivity index (χ2n) is 3.17. The van der Waals surface area contributed by atoms with Crippen molar-refractivity contribution in [3.63, 3.8) is 0 Å². The van der Waals surface area contributed by atoms with E-state index in [1.807, 2.05) is 0 Å². The smallest absolute Gasteiger partial charge is 0.348 e. The van der Waals surface area contributed by atoms with E-state index in [-0.39, 0.29) is 18.0 Å². The van der Waals surface area contributed by atoms with Gasteiger partial charge in [0.25, 0.3) is 5.91 Å². The van der Waals surface area contributed by atoms with Crippen LogP contribution >= 0.6 is 11.6 Å². The first-order chi connectivity index (χ1) is 6.89. The summed E-state index contributed by atoms with van der Waals surface area (Å²) in [6.45, 7) is 0.119. The van der Waals surface area contributed by atoms with Crippen LogP contribution in [-0.2, 0) is 12.7 Å². The molecule has 0 aromatic heterocycles. The first-order valence-corrected chi connectivity index (χ1v) is 4.45. The molecule has 1 aliphatic heterocycles. The molecule has 15 heavy (non-hydrogen) atoms. The zero-order chi connectivity index (χ0) is 11.2. The largest absolute Gasteiger partial charge is 0.417 e. The number of alkyl halides is 3. The molecule has 1 aromatic carbocycles. The highest BCUT2D eigenvalue weighted by Crippen LogP contribution is 2.37. The highest BCUT2D eigenvalue weighted by molar-refractivity contribution is 6.32. The number of halogens is 4. The van der Waals surface area contributed by atoms with E-state index in [1.54, 1.807) is 0 Å². The SMILES string of the molecule is O=C1NCc2cc(C(F)(F)F)c(Cl)cc21. The maximum Gasteiger partial charge on any atom is 0.417 e. The Hall–Kier alpha value is -1.23. The lowest BCUT2D eigenvalue weighted by Crippen LogP contribution is -2.12. The molecule has 1 N–H and O–H groups in total. The lowest BCUT2D eigenvalue weighted by atomic mass is 10.1. The predicted octanol–water partition coefficient (Wildman–Crippen LogP) is 2.60. The lowest BCUT2D eigenvalue weighted by molar-refractivity contribution is -0.137. The van der Waals surface area contributed by atoms with Gasteiger partial charge >= 0.3 is 6.18 Å². The summed E-state index contributed by atoms with van der Waals surface area (Å²) in [6.07, 6.45) is -4.49. The number of fused-ring (bicyclic) bond motifs is 1. The molecule has 0 spiro atoms. The molecule has 2 rings (SSSR count). The predicted molar refractivity (Wildman–Crippen MR) is 47.6 cm³/mol. The molecule has 2 nitrogen and oxygen atoms in total. The van der Waals surface area contributed by atoms with Gasteiger partial charge in [-0.15, -0.1) is 0 Å². The molecule has 0 unspecified atom stereocenters. The van der Waals surface area contributed by atoms with E-state index in [2.05, 4.69) is 5.32 Å². The zero-order valence-electron chi connectivity index (χ0n) is 7.28. The summed E-state index contributed by atoms with van der Waals surface area (Å²) >= 11 is 5.46. The number of hydrogen-bond donors (Lipinski definition) is 1. The third-order valence-electron chi connectivity index (χ3n) is 2.18. The van der Waals surface area contributed by atoms with E-state index < -0.39 is 16.8 Å². The molecule has 0 atom stereocenters. The molecule has 6 heteroatoms. The number of rotatable bonds is 0. The van der Waals surface area contributed by atoms with Gasteiger partial charge < -0.3 is 5.32 Å². The van der Waals surface area contributed by atoms with Crippen LogP contribution < -0.4 is 5.32 Å². The summed E-state index contributed by atoms with van der Waals surface area (Å²) in [5.41, 5.74) is -0.357. The van der Waals surface area contributed by atoms with Gasteiger partial charge in [0.15, 0.2) is 0 Å². The molecule has 1 aromatic rings. The Kier molecular flexibility index (Phi) is 2.15. The van der Waals surface area contributed by atoms with E-state index in [4.69, 9.17) is 11.6 Å². The van der Waals surface area contributed by atoms with Crippen molar-refractivity contribution in [2.75, 3.05) is 0 Å². The third-order valence-corrected chi connectivity index (χ3v) is 2.50. The third kappa shape index (κ3) is 1.67. The quantitative estimate of drug-likeness (QED) is 0.736. The van der Waals surface area contributed by atoms with Crippen molar-refractivity contribution in [3.05, 3.63) is 33.8 Å². The highest BCUT2D eigenvalue weighted by Gasteiger charge is 2.35. The van der Waals surface area contributed by atoms with Crippen LogP contribution in [0.15, 0.2) is 12.1 Å². The van der Waals surface area contributed by atoms with Crippen molar-refractivity contribution in [2.45, 2.75) is 12.7 Å². The number of benzene rings is 1. The molecular weight excluding hydrogens is 231 g/mol. The molecule has 1 amide bonds. The summed E-state index contributed by atoms with van der Waals surface area (Å²) in [5.74, 6) is -0.388. The van der Waals surface area contributed by atoms with Gasteiger partial charge in [-0.3, -0.25) is 4.79 Å². The Morgan fingerprint density at radius 3 is 2.60 bits per heavy atom. The highest BCUT2D eigenvalue weighted by atomic mass is 35.5. The summed E-state index contributed by atoms with van der Waals surface area (Å²) < 4.78 is 37.3. The number of carbonyl (C=O) groups is 1. The summed E-state index contributed by atoms with van der Waals surface area (Å²) in [7, 11) is 0. The molecule has 0 radical (unpaired) electrons. The second-order valence-corrected chi connectivity index (χ2v) is 3.58. The zero-order valence-corrected chi connectivity index (χ0v) is 8.04. The van der Waals surface area contributed by atoms with Crippen molar-refractivity contribution >= 4 is 17.5 Å². The van der Waals surface area contributed by atoms with Crippen molar-refractivity contribution < 1.29 is 18.0 Å². The van der Waals surface area contributed by atoms with Crippen molar-refractivity contribution in [3.8, 4) is 0 Å². The van der Waals surface area contributed by atoms with Gasteiger partial charge in [0.1, 0.15) is 0 Å². The molecule has 0 bridgehead atoms. The minimum absolute atomic E-state index is 0.119. The average molecular weight is 236 g/mol. The molecule has 0 saturated carbocycles. The van der Waals surface area contributed by atoms with Crippen LogP contribution in [-0.4, -0.2) is 5.91 Å². The van der Waals surface area contributed by atoms with E-state index in [1.165, 1.54) is 0 Å². The molecular formula is C9H5ClF3NO. The minimum Gasteiger partial charge on any atom is -0.348 e. The summed E-state index contributed by atoms with van der Waals surface area (Å²) in [5, 5.41) is 1.98. The summed E-state index contributed by atoms with van der Waals surface area (Å²) in [6, 6.07) is 1.97. The molecule has 0 aliphatic carbocycles. The van der Waals surface area contributed by atoms with Crippen LogP contribution in [0.4, 0.5) is 13.2 Å². The van der Waals surface area contributed by atoms with Gasteiger partial charge in [0, 0.05) is 12.1 Å². The number of nitrogens with one attached hydrogen (secondary N) is 1. The fourth-order valence-electron chi connectivity index (χ4n) is 1.46. The maximum atomic E-state index is 12.4. The first kappa shape index (κ1) is 10.3. The normalized spacial score (nSPS) is 15.1. The van der Waals surface area contributed by atoms with Crippen LogP contribution in [0.2, 0.25) is 5.02 Å². The molecule has 1 heterocycles. The van der Waals surface area contributed by atoms with Crippen LogP contribution in [0.1, 0.15) is 21.5 Å². The fraction of sp³-hybridized carbons (Fsp3) is 0.222. The molecule has 1 aliphatic rings. The second kappa shape index (κ2) is 3.13. The Labute approximate surface area is 88.0 Å². The monoisotopic (exact) mass is 235 g/mol. The van der Waals surface area contributed by atoms with E-state index in [9.17, 15) is 18.0 Å². The molecule has 0 saturated heterocycles. The van der Waals surface area contributed by atoms with Crippen LogP contribution in [0.25, 0.3) is 0 Å². The topological polar surface area (TPSA) is 29.1 Å². The van der Waals surface area contributed by atoms with Crippen molar-refractivity contribution in [1.82, 2.24) is 5.32 Å². The van der Waals surface area contributed by atoms with Gasteiger partial charge in [0.2, 0.25) is 0 Å². The van der Waals surface area contributed by atoms with Gasteiger partial charge in [-0.1, -0.05) is 11.6 Å². The van der Waals surface area contributed by atoms with Gasteiger partial charge in [-0.2, -0.15) is 13.2 Å². The fourth-order valence-corrected chi connectivity index (χ4v) is 1.73. The Morgan fingerprint density at radius 1 is 1.33 bits per heavy atom. The Bertz CT molecular complexity index is 442. The lowest BCUT2D eigenvalue weighted by Gasteiger charge is -2.09. The Morgan fingerprint density at radius 2 is 2.00 bits per heavy atom. The number of amides is 1. The number of hydrogen-bond acceptors (Lipinski definition) is 1. The average Bonchev–Trinajstić information content (AvgIpc) is 2.45. The molecule has 80 valence electrons. The first-order valence-electron chi connectivity index (χ1n) is 4.07. The Balaban J connectivity index is 2.59. The van der Waals surface area contributed by atoms with Crippen LogP contribution in [0.5, 0.6) is 0 Å². The van der Waals surface area contributed by atoms with Crippen molar-refractivity contribution in [1.29, 1.82) is 0 Å². The maximum absolute atomic E-state index is 12.4. The van der Waals surface area contributed by atoms with Crippen LogP contribution in [0.3, 0.4) is 0 Å². The van der Waals surface area contributed by atoms with E-state index in [0.717, 1.165) is 12.1 Å². The van der Waals surface area contributed by atoms with E-state index in [0.29, 0.717) is 5.56 Å². The van der Waals surface area contributed by atoms with Crippen LogP contribution in [0, 0.1) is 0 Å². The minimum atomic E-state index is -4.49. The van der Waals surface area contributed by atoms with Crippen molar-refractivity contribution in [2.24, 2.45) is 0 Å². The van der Waals surface area contributed by atoms with E-state index >= 15 is 0 Å². The standard InChI is InChI=1S/C9H5ClF3NO/c10-7-2-5-4(3-14-8(5)15)1-6(7)9(11,12)13/h1-2H,3H2,(H,14,15).